The first-order valence-corrected chi connectivity index (χ1v) is 7.43. The van der Waals surface area contributed by atoms with Crippen LogP contribution >= 0.6 is 15.9 Å². The molecule has 106 valence electrons. The summed E-state index contributed by atoms with van der Waals surface area (Å²) in [4.78, 5) is 13.8. The Morgan fingerprint density at radius 3 is 2.50 bits per heavy atom. The van der Waals surface area contributed by atoms with Gasteiger partial charge in [-0.15, -0.1) is 0 Å². The molecule has 18 heavy (non-hydrogen) atoms. The van der Waals surface area contributed by atoms with Gasteiger partial charge in [0.15, 0.2) is 0 Å². The Bertz CT molecular complexity index is 299. The highest BCUT2D eigenvalue weighted by Crippen LogP contribution is 2.28. The quantitative estimate of drug-likeness (QED) is 0.734. The lowest BCUT2D eigenvalue weighted by molar-refractivity contribution is -0.0800. The van der Waals surface area contributed by atoms with Crippen LogP contribution in [-0.2, 0) is 9.47 Å². The van der Waals surface area contributed by atoms with Crippen molar-refractivity contribution in [3.8, 4) is 0 Å². The van der Waals surface area contributed by atoms with E-state index in [1.165, 1.54) is 0 Å². The summed E-state index contributed by atoms with van der Waals surface area (Å²) in [5.41, 5.74) is -0.448. The molecule has 0 aliphatic carbocycles. The van der Waals surface area contributed by atoms with Crippen LogP contribution in [0.1, 0.15) is 34.6 Å². The summed E-state index contributed by atoms with van der Waals surface area (Å²) in [5.74, 6) is 0. The highest BCUT2D eigenvalue weighted by molar-refractivity contribution is 9.09. The molecule has 1 amide bonds. The van der Waals surface area contributed by atoms with Crippen LogP contribution in [0, 0.1) is 5.41 Å². The first kappa shape index (κ1) is 15.8. The van der Waals surface area contributed by atoms with Gasteiger partial charge in [-0.1, -0.05) is 29.8 Å². The van der Waals surface area contributed by atoms with Crippen molar-refractivity contribution in [2.45, 2.75) is 46.3 Å². The Balaban J connectivity index is 2.61. The van der Waals surface area contributed by atoms with E-state index >= 15 is 0 Å². The van der Waals surface area contributed by atoms with Crippen LogP contribution in [0.15, 0.2) is 0 Å². The summed E-state index contributed by atoms with van der Waals surface area (Å²) in [6.07, 6.45) is -0.209. The minimum Gasteiger partial charge on any atom is -0.444 e. The summed E-state index contributed by atoms with van der Waals surface area (Å²) >= 11 is 3.50. The lowest BCUT2D eigenvalue weighted by Gasteiger charge is -2.40. The Hall–Kier alpha value is -0.290. The molecule has 1 atom stereocenters. The van der Waals surface area contributed by atoms with Gasteiger partial charge in [0, 0.05) is 17.3 Å². The molecule has 1 aliphatic rings. The number of hydrogen-bond donors (Lipinski definition) is 0. The second-order valence-corrected chi connectivity index (χ2v) is 6.97. The zero-order valence-electron chi connectivity index (χ0n) is 12.0. The lowest BCUT2D eigenvalue weighted by Crippen LogP contribution is -2.52. The van der Waals surface area contributed by atoms with Crippen molar-refractivity contribution in [3.05, 3.63) is 0 Å². The van der Waals surface area contributed by atoms with Gasteiger partial charge >= 0.3 is 6.09 Å². The predicted octanol–water partition coefficient (Wildman–Crippen LogP) is 3.04. The average Bonchev–Trinajstić information content (AvgIpc) is 2.27. The number of rotatable bonds is 2. The normalized spacial score (nSPS) is 21.9. The molecule has 0 spiro atoms. The molecule has 0 aromatic carbocycles. The number of ether oxygens (including phenoxy) is 2. The third-order valence-electron chi connectivity index (χ3n) is 2.93. The molecule has 0 bridgehead atoms. The van der Waals surface area contributed by atoms with E-state index in [0.29, 0.717) is 19.7 Å². The highest BCUT2D eigenvalue weighted by atomic mass is 79.9. The standard InChI is InChI=1S/C13H24BrNO3/c1-12(2,3)18-11(16)15-6-7-17-10(8-15)13(4,5)9-14/h10H,6-9H2,1-5H3. The number of morpholine rings is 1. The maximum Gasteiger partial charge on any atom is 0.410 e. The molecule has 1 fully saturated rings. The number of amides is 1. The van der Waals surface area contributed by atoms with Gasteiger partial charge in [0.2, 0.25) is 0 Å². The molecule has 0 aromatic heterocycles. The molecule has 0 N–H and O–H groups in total. The van der Waals surface area contributed by atoms with Crippen molar-refractivity contribution in [2.24, 2.45) is 5.41 Å². The first-order valence-electron chi connectivity index (χ1n) is 6.31. The number of halogens is 1. The molecule has 4 nitrogen and oxygen atoms in total. The van der Waals surface area contributed by atoms with E-state index in [4.69, 9.17) is 9.47 Å². The molecule has 1 saturated heterocycles. The molecular formula is C13H24BrNO3. The smallest absolute Gasteiger partial charge is 0.410 e. The van der Waals surface area contributed by atoms with Gasteiger partial charge in [-0.05, 0) is 20.8 Å². The zero-order chi connectivity index (χ0) is 14.0. The number of alkyl halides is 1. The molecule has 1 rings (SSSR count). The van der Waals surface area contributed by atoms with Crippen molar-refractivity contribution < 1.29 is 14.3 Å². The monoisotopic (exact) mass is 321 g/mol. The summed E-state index contributed by atoms with van der Waals surface area (Å²) < 4.78 is 11.2. The van der Waals surface area contributed by atoms with E-state index < -0.39 is 5.60 Å². The second-order valence-electron chi connectivity index (χ2n) is 6.41. The van der Waals surface area contributed by atoms with Crippen LogP contribution in [-0.4, -0.2) is 47.7 Å². The molecule has 1 aliphatic heterocycles. The molecule has 1 heterocycles. The fraction of sp³-hybridized carbons (Fsp3) is 0.923. The fourth-order valence-corrected chi connectivity index (χ4v) is 2.06. The van der Waals surface area contributed by atoms with Gasteiger partial charge < -0.3 is 14.4 Å². The first-order chi connectivity index (χ1) is 8.15. The van der Waals surface area contributed by atoms with E-state index in [2.05, 4.69) is 29.8 Å². The molecule has 5 heteroatoms. The molecule has 0 aromatic rings. The molecule has 0 saturated carbocycles. The number of nitrogens with zero attached hydrogens (tertiary/aromatic N) is 1. The van der Waals surface area contributed by atoms with Crippen LogP contribution in [0.3, 0.4) is 0 Å². The van der Waals surface area contributed by atoms with Crippen molar-refractivity contribution >= 4 is 22.0 Å². The van der Waals surface area contributed by atoms with Gasteiger partial charge in [-0.2, -0.15) is 0 Å². The van der Waals surface area contributed by atoms with Crippen molar-refractivity contribution in [1.82, 2.24) is 4.90 Å². The highest BCUT2D eigenvalue weighted by Gasteiger charge is 2.36. The number of hydrogen-bond acceptors (Lipinski definition) is 3. The van der Waals surface area contributed by atoms with Crippen LogP contribution in [0.5, 0.6) is 0 Å². The topological polar surface area (TPSA) is 38.8 Å². The van der Waals surface area contributed by atoms with E-state index in [1.54, 1.807) is 4.90 Å². The van der Waals surface area contributed by atoms with Crippen LogP contribution in [0.2, 0.25) is 0 Å². The average molecular weight is 322 g/mol. The maximum absolute atomic E-state index is 12.0. The lowest BCUT2D eigenvalue weighted by atomic mass is 9.88. The summed E-state index contributed by atoms with van der Waals surface area (Å²) in [7, 11) is 0. The van der Waals surface area contributed by atoms with Gasteiger partial charge in [0.05, 0.1) is 19.3 Å². The summed E-state index contributed by atoms with van der Waals surface area (Å²) in [6.45, 7) is 11.7. The van der Waals surface area contributed by atoms with E-state index in [9.17, 15) is 4.79 Å². The zero-order valence-corrected chi connectivity index (χ0v) is 13.5. The molecule has 1 unspecified atom stereocenters. The molecular weight excluding hydrogens is 298 g/mol. The largest absolute Gasteiger partial charge is 0.444 e. The maximum atomic E-state index is 12.0. The van der Waals surface area contributed by atoms with Gasteiger partial charge in [-0.3, -0.25) is 0 Å². The van der Waals surface area contributed by atoms with Crippen molar-refractivity contribution in [2.75, 3.05) is 25.0 Å². The van der Waals surface area contributed by atoms with Gasteiger partial charge in [0.25, 0.3) is 0 Å². The van der Waals surface area contributed by atoms with Crippen LogP contribution in [0.4, 0.5) is 4.79 Å². The molecule has 0 radical (unpaired) electrons. The number of carbonyl (C=O) groups is 1. The second kappa shape index (κ2) is 5.78. The van der Waals surface area contributed by atoms with Gasteiger partial charge in [-0.25, -0.2) is 4.79 Å². The SMILES string of the molecule is CC(C)(C)OC(=O)N1CCOC(C(C)(C)CBr)C1. The van der Waals surface area contributed by atoms with Crippen LogP contribution < -0.4 is 0 Å². The van der Waals surface area contributed by atoms with Crippen molar-refractivity contribution in [1.29, 1.82) is 0 Å². The Morgan fingerprint density at radius 2 is 2.00 bits per heavy atom. The Kier molecular flexibility index (Phi) is 5.06. The minimum absolute atomic E-state index is 0.000677. The fourth-order valence-electron chi connectivity index (χ4n) is 1.70. The minimum atomic E-state index is -0.449. The van der Waals surface area contributed by atoms with E-state index in [0.717, 1.165) is 5.33 Å². The third-order valence-corrected chi connectivity index (χ3v) is 4.38. The van der Waals surface area contributed by atoms with Crippen LogP contribution in [0.25, 0.3) is 0 Å². The number of carbonyl (C=O) groups excluding carboxylic acids is 1. The predicted molar refractivity (Wildman–Crippen MR) is 75.1 cm³/mol. The van der Waals surface area contributed by atoms with Crippen molar-refractivity contribution in [3.63, 3.8) is 0 Å². The summed E-state index contributed by atoms with van der Waals surface area (Å²) in [6, 6.07) is 0. The summed E-state index contributed by atoms with van der Waals surface area (Å²) in [5, 5.41) is 0.840. The Labute approximate surface area is 118 Å². The Morgan fingerprint density at radius 1 is 1.39 bits per heavy atom. The third kappa shape index (κ3) is 4.43. The van der Waals surface area contributed by atoms with E-state index in [1.807, 2.05) is 20.8 Å². The van der Waals surface area contributed by atoms with Gasteiger partial charge in [0.1, 0.15) is 5.60 Å². The van der Waals surface area contributed by atoms with E-state index in [-0.39, 0.29) is 17.6 Å².